The quantitative estimate of drug-likeness (QED) is 0.794. The van der Waals surface area contributed by atoms with Crippen molar-refractivity contribution in [3.05, 3.63) is 4.60 Å². The Labute approximate surface area is 108 Å². The Hall–Kier alpha value is -0.510. The standard InChI is InChI=1S/C8H14BrN5O2S/c1-14-7(6(9)12-13-14)17(15,16)11-5-8(10)3-2-4-8/h11H,2-5,10H2,1H3. The summed E-state index contributed by atoms with van der Waals surface area (Å²) in [5, 5.41) is 7.28. The number of nitrogens with one attached hydrogen (secondary N) is 1. The van der Waals surface area contributed by atoms with Gasteiger partial charge in [-0.05, 0) is 35.2 Å². The average Bonchev–Trinajstić information content (AvgIpc) is 2.53. The Bertz CT molecular complexity index is 503. The van der Waals surface area contributed by atoms with Gasteiger partial charge in [0, 0.05) is 19.1 Å². The molecule has 1 heterocycles. The number of aryl methyl sites for hydroxylation is 1. The van der Waals surface area contributed by atoms with E-state index in [2.05, 4.69) is 31.0 Å². The summed E-state index contributed by atoms with van der Waals surface area (Å²) in [4.78, 5) is 0. The molecule has 96 valence electrons. The molecule has 1 aliphatic rings. The average molecular weight is 324 g/mol. The number of rotatable bonds is 4. The highest BCUT2D eigenvalue weighted by molar-refractivity contribution is 9.10. The van der Waals surface area contributed by atoms with Gasteiger partial charge in [0.05, 0.1) is 0 Å². The maximum absolute atomic E-state index is 12.0. The van der Waals surface area contributed by atoms with Crippen molar-refractivity contribution < 1.29 is 8.42 Å². The summed E-state index contributed by atoms with van der Waals surface area (Å²) in [6.07, 6.45) is 2.75. The van der Waals surface area contributed by atoms with E-state index in [4.69, 9.17) is 5.73 Å². The van der Waals surface area contributed by atoms with Crippen LogP contribution in [0, 0.1) is 0 Å². The van der Waals surface area contributed by atoms with Crippen LogP contribution < -0.4 is 10.5 Å². The highest BCUT2D eigenvalue weighted by atomic mass is 79.9. The first kappa shape index (κ1) is 12.9. The Morgan fingerprint density at radius 2 is 2.24 bits per heavy atom. The summed E-state index contributed by atoms with van der Waals surface area (Å²) in [5.74, 6) is 0. The minimum Gasteiger partial charge on any atom is -0.324 e. The van der Waals surface area contributed by atoms with Gasteiger partial charge in [-0.25, -0.2) is 17.8 Å². The first-order chi connectivity index (χ1) is 7.84. The smallest absolute Gasteiger partial charge is 0.260 e. The van der Waals surface area contributed by atoms with E-state index < -0.39 is 15.6 Å². The maximum Gasteiger partial charge on any atom is 0.260 e. The van der Waals surface area contributed by atoms with Crippen molar-refractivity contribution in [2.24, 2.45) is 12.8 Å². The van der Waals surface area contributed by atoms with Crippen molar-refractivity contribution in [3.8, 4) is 0 Å². The molecule has 9 heteroatoms. The van der Waals surface area contributed by atoms with E-state index in [0.29, 0.717) is 0 Å². The van der Waals surface area contributed by atoms with Gasteiger partial charge in [-0.1, -0.05) is 5.21 Å². The third-order valence-corrected chi connectivity index (χ3v) is 5.24. The van der Waals surface area contributed by atoms with E-state index >= 15 is 0 Å². The zero-order valence-electron chi connectivity index (χ0n) is 9.35. The Kier molecular flexibility index (Phi) is 3.27. The molecule has 1 fully saturated rings. The number of halogens is 1. The molecule has 0 bridgehead atoms. The van der Waals surface area contributed by atoms with Crippen LogP contribution in [0.4, 0.5) is 0 Å². The first-order valence-electron chi connectivity index (χ1n) is 5.18. The molecule has 0 spiro atoms. The van der Waals surface area contributed by atoms with Gasteiger partial charge in [0.1, 0.15) is 0 Å². The third-order valence-electron chi connectivity index (χ3n) is 2.96. The molecule has 1 aliphatic carbocycles. The molecule has 2 rings (SSSR count). The minimum atomic E-state index is -3.63. The Balaban J connectivity index is 2.14. The molecule has 17 heavy (non-hydrogen) atoms. The molecule has 1 aromatic rings. The Morgan fingerprint density at radius 1 is 1.59 bits per heavy atom. The van der Waals surface area contributed by atoms with Crippen LogP contribution in [0.25, 0.3) is 0 Å². The van der Waals surface area contributed by atoms with E-state index in [1.165, 1.54) is 11.7 Å². The molecule has 0 aromatic carbocycles. The van der Waals surface area contributed by atoms with Crippen LogP contribution in [0.3, 0.4) is 0 Å². The third kappa shape index (κ3) is 2.51. The largest absolute Gasteiger partial charge is 0.324 e. The Morgan fingerprint density at radius 3 is 2.65 bits per heavy atom. The van der Waals surface area contributed by atoms with Gasteiger partial charge in [-0.15, -0.1) is 5.10 Å². The highest BCUT2D eigenvalue weighted by Gasteiger charge is 2.34. The molecular formula is C8H14BrN5O2S. The predicted molar refractivity (Wildman–Crippen MR) is 64.7 cm³/mol. The van der Waals surface area contributed by atoms with Crippen molar-refractivity contribution in [2.75, 3.05) is 6.54 Å². The maximum atomic E-state index is 12.0. The van der Waals surface area contributed by atoms with E-state index in [1.54, 1.807) is 0 Å². The second kappa shape index (κ2) is 4.30. The molecule has 0 radical (unpaired) electrons. The molecule has 0 unspecified atom stereocenters. The lowest BCUT2D eigenvalue weighted by Crippen LogP contribution is -2.55. The molecule has 7 nitrogen and oxygen atoms in total. The topological polar surface area (TPSA) is 103 Å². The highest BCUT2D eigenvalue weighted by Crippen LogP contribution is 2.28. The molecule has 0 aliphatic heterocycles. The first-order valence-corrected chi connectivity index (χ1v) is 7.45. The number of sulfonamides is 1. The van der Waals surface area contributed by atoms with Crippen LogP contribution in [0.1, 0.15) is 19.3 Å². The van der Waals surface area contributed by atoms with Gasteiger partial charge < -0.3 is 5.73 Å². The molecule has 3 N–H and O–H groups in total. The van der Waals surface area contributed by atoms with E-state index in [0.717, 1.165) is 19.3 Å². The van der Waals surface area contributed by atoms with Gasteiger partial charge in [0.25, 0.3) is 10.0 Å². The number of aromatic nitrogens is 3. The van der Waals surface area contributed by atoms with Crippen LogP contribution in [0.5, 0.6) is 0 Å². The molecule has 0 atom stereocenters. The fraction of sp³-hybridized carbons (Fsp3) is 0.750. The van der Waals surface area contributed by atoms with Gasteiger partial charge in [-0.2, -0.15) is 0 Å². The van der Waals surface area contributed by atoms with Crippen molar-refractivity contribution in [1.82, 2.24) is 19.7 Å². The van der Waals surface area contributed by atoms with Crippen molar-refractivity contribution in [1.29, 1.82) is 0 Å². The number of nitrogens with two attached hydrogens (primary N) is 1. The van der Waals surface area contributed by atoms with Crippen molar-refractivity contribution in [3.63, 3.8) is 0 Å². The number of hydrogen-bond acceptors (Lipinski definition) is 5. The lowest BCUT2D eigenvalue weighted by Gasteiger charge is -2.37. The summed E-state index contributed by atoms with van der Waals surface area (Å²) in [5.41, 5.74) is 5.57. The fourth-order valence-corrected chi connectivity index (χ4v) is 3.95. The summed E-state index contributed by atoms with van der Waals surface area (Å²) < 4.78 is 28.0. The number of nitrogens with zero attached hydrogens (tertiary/aromatic N) is 3. The van der Waals surface area contributed by atoms with Crippen LogP contribution in [0.2, 0.25) is 0 Å². The second-order valence-corrected chi connectivity index (χ2v) is 6.78. The molecule has 1 aromatic heterocycles. The van der Waals surface area contributed by atoms with Crippen LogP contribution in [-0.2, 0) is 17.1 Å². The second-order valence-electron chi connectivity index (χ2n) is 4.35. The van der Waals surface area contributed by atoms with Crippen LogP contribution >= 0.6 is 15.9 Å². The lowest BCUT2D eigenvalue weighted by molar-refractivity contribution is 0.251. The predicted octanol–water partition coefficient (Wildman–Crippen LogP) is -0.263. The summed E-state index contributed by atoms with van der Waals surface area (Å²) in [6.45, 7) is 0.243. The molecular weight excluding hydrogens is 310 g/mol. The SMILES string of the molecule is Cn1nnc(Br)c1S(=O)(=O)NCC1(N)CCC1. The zero-order valence-corrected chi connectivity index (χ0v) is 11.8. The van der Waals surface area contributed by atoms with Crippen LogP contribution in [-0.4, -0.2) is 35.5 Å². The van der Waals surface area contributed by atoms with Crippen molar-refractivity contribution >= 4 is 26.0 Å². The molecule has 0 amide bonds. The van der Waals surface area contributed by atoms with Gasteiger partial charge in [0.15, 0.2) is 4.60 Å². The molecule has 0 saturated heterocycles. The van der Waals surface area contributed by atoms with Crippen molar-refractivity contribution in [2.45, 2.75) is 29.8 Å². The summed E-state index contributed by atoms with van der Waals surface area (Å²) in [6, 6.07) is 0. The van der Waals surface area contributed by atoms with Gasteiger partial charge in [-0.3, -0.25) is 0 Å². The zero-order chi connectivity index (χ0) is 12.7. The normalized spacial score (nSPS) is 19.0. The van der Waals surface area contributed by atoms with Gasteiger partial charge in [0.2, 0.25) is 5.03 Å². The molecule has 1 saturated carbocycles. The number of hydrogen-bond donors (Lipinski definition) is 2. The van der Waals surface area contributed by atoms with E-state index in [1.807, 2.05) is 0 Å². The van der Waals surface area contributed by atoms with E-state index in [9.17, 15) is 8.42 Å². The van der Waals surface area contributed by atoms with Crippen LogP contribution in [0.15, 0.2) is 9.63 Å². The van der Waals surface area contributed by atoms with Gasteiger partial charge >= 0.3 is 0 Å². The summed E-state index contributed by atoms with van der Waals surface area (Å²) >= 11 is 3.06. The minimum absolute atomic E-state index is 0.0143. The fourth-order valence-electron chi connectivity index (χ4n) is 1.72. The lowest BCUT2D eigenvalue weighted by atomic mass is 9.78. The van der Waals surface area contributed by atoms with E-state index in [-0.39, 0.29) is 16.2 Å². The summed E-state index contributed by atoms with van der Waals surface area (Å²) in [7, 11) is -2.10. The monoisotopic (exact) mass is 323 g/mol.